The third-order valence-corrected chi connectivity index (χ3v) is 3.32. The molecule has 2 N–H and O–H groups in total. The van der Waals surface area contributed by atoms with E-state index in [-0.39, 0.29) is 17.3 Å². The lowest BCUT2D eigenvalue weighted by atomic mass is 9.75. The number of nitrogens with two attached hydrogens (primary N) is 1. The van der Waals surface area contributed by atoms with E-state index < -0.39 is 11.6 Å². The standard InChI is InChI=1S/C12H23NO3/c1-8(2)9(13)10(14)16-12(6-15-7-12)11(3,4)5/h8-9H,6-7,13H2,1-5H3. The molecule has 0 amide bonds. The molecule has 0 spiro atoms. The molecule has 94 valence electrons. The SMILES string of the molecule is CC(C)C(N)C(=O)OC1(C(C)(C)C)COC1. The van der Waals surface area contributed by atoms with Gasteiger partial charge in [0.1, 0.15) is 6.04 Å². The molecule has 1 aliphatic rings. The molecule has 1 unspecified atom stereocenters. The Bertz CT molecular complexity index is 264. The summed E-state index contributed by atoms with van der Waals surface area (Å²) < 4.78 is 10.8. The third kappa shape index (κ3) is 2.38. The van der Waals surface area contributed by atoms with Crippen LogP contribution in [-0.4, -0.2) is 30.8 Å². The highest BCUT2D eigenvalue weighted by atomic mass is 16.6. The summed E-state index contributed by atoms with van der Waals surface area (Å²) >= 11 is 0. The van der Waals surface area contributed by atoms with Crippen LogP contribution in [0.1, 0.15) is 34.6 Å². The van der Waals surface area contributed by atoms with Crippen molar-refractivity contribution in [3.8, 4) is 0 Å². The molecule has 1 saturated heterocycles. The highest BCUT2D eigenvalue weighted by Crippen LogP contribution is 2.40. The predicted octanol–water partition coefficient (Wildman–Crippen LogP) is 1.33. The minimum atomic E-state index is -0.556. The smallest absolute Gasteiger partial charge is 0.323 e. The van der Waals surface area contributed by atoms with E-state index in [1.807, 2.05) is 34.6 Å². The zero-order valence-electron chi connectivity index (χ0n) is 10.9. The Morgan fingerprint density at radius 2 is 1.88 bits per heavy atom. The number of rotatable bonds is 3. The molecular formula is C12H23NO3. The molecule has 0 bridgehead atoms. The van der Waals surface area contributed by atoms with Crippen molar-refractivity contribution in [2.75, 3.05) is 13.2 Å². The second kappa shape index (κ2) is 4.34. The average molecular weight is 229 g/mol. The first-order chi connectivity index (χ1) is 7.19. The predicted molar refractivity (Wildman–Crippen MR) is 61.9 cm³/mol. The van der Waals surface area contributed by atoms with Crippen LogP contribution in [0.15, 0.2) is 0 Å². The van der Waals surface area contributed by atoms with Crippen LogP contribution in [0, 0.1) is 11.3 Å². The van der Waals surface area contributed by atoms with Crippen molar-refractivity contribution in [2.24, 2.45) is 17.1 Å². The largest absolute Gasteiger partial charge is 0.452 e. The molecule has 0 aliphatic carbocycles. The molecule has 0 aromatic heterocycles. The molecule has 1 atom stereocenters. The summed E-state index contributed by atoms with van der Waals surface area (Å²) in [6.07, 6.45) is 0. The molecule has 1 fully saturated rings. The molecule has 16 heavy (non-hydrogen) atoms. The van der Waals surface area contributed by atoms with E-state index >= 15 is 0 Å². The molecular weight excluding hydrogens is 206 g/mol. The number of hydrogen-bond donors (Lipinski definition) is 1. The fraction of sp³-hybridized carbons (Fsp3) is 0.917. The van der Waals surface area contributed by atoms with Gasteiger partial charge in [-0.25, -0.2) is 0 Å². The van der Waals surface area contributed by atoms with Crippen LogP contribution in [-0.2, 0) is 14.3 Å². The Labute approximate surface area is 97.5 Å². The monoisotopic (exact) mass is 229 g/mol. The van der Waals surface area contributed by atoms with Crippen LogP contribution in [0.4, 0.5) is 0 Å². The number of hydrogen-bond acceptors (Lipinski definition) is 4. The zero-order chi connectivity index (χ0) is 12.6. The highest BCUT2D eigenvalue weighted by Gasteiger charge is 2.52. The molecule has 1 heterocycles. The van der Waals surface area contributed by atoms with E-state index in [1.165, 1.54) is 0 Å². The van der Waals surface area contributed by atoms with Crippen molar-refractivity contribution in [1.29, 1.82) is 0 Å². The Hall–Kier alpha value is -0.610. The summed E-state index contributed by atoms with van der Waals surface area (Å²) in [5.74, 6) is -0.237. The van der Waals surface area contributed by atoms with E-state index in [4.69, 9.17) is 15.2 Å². The fourth-order valence-electron chi connectivity index (χ4n) is 1.47. The minimum Gasteiger partial charge on any atom is -0.452 e. The van der Waals surface area contributed by atoms with Gasteiger partial charge < -0.3 is 15.2 Å². The maximum atomic E-state index is 11.8. The van der Waals surface area contributed by atoms with Gasteiger partial charge in [-0.3, -0.25) is 4.79 Å². The van der Waals surface area contributed by atoms with Gasteiger partial charge in [0.05, 0.1) is 13.2 Å². The third-order valence-electron chi connectivity index (χ3n) is 3.32. The molecule has 0 aromatic rings. The lowest BCUT2D eigenvalue weighted by Crippen LogP contribution is -2.62. The van der Waals surface area contributed by atoms with Crippen LogP contribution in [0.2, 0.25) is 0 Å². The molecule has 0 saturated carbocycles. The lowest BCUT2D eigenvalue weighted by molar-refractivity contribution is -0.249. The van der Waals surface area contributed by atoms with E-state index in [0.29, 0.717) is 13.2 Å². The van der Waals surface area contributed by atoms with Gasteiger partial charge >= 0.3 is 5.97 Å². The first-order valence-electron chi connectivity index (χ1n) is 5.76. The molecule has 4 nitrogen and oxygen atoms in total. The summed E-state index contributed by atoms with van der Waals surface area (Å²) in [5.41, 5.74) is 5.14. The van der Waals surface area contributed by atoms with Gasteiger partial charge in [-0.2, -0.15) is 0 Å². The maximum Gasteiger partial charge on any atom is 0.323 e. The van der Waals surface area contributed by atoms with Gasteiger partial charge in [0.25, 0.3) is 0 Å². The molecule has 1 rings (SSSR count). The van der Waals surface area contributed by atoms with Crippen LogP contribution >= 0.6 is 0 Å². The Balaban J connectivity index is 2.68. The zero-order valence-corrected chi connectivity index (χ0v) is 10.9. The first kappa shape index (κ1) is 13.5. The Morgan fingerprint density at radius 1 is 1.38 bits per heavy atom. The molecule has 4 heteroatoms. The number of carbonyl (C=O) groups is 1. The lowest BCUT2D eigenvalue weighted by Gasteiger charge is -2.49. The highest BCUT2D eigenvalue weighted by molar-refractivity contribution is 5.76. The van der Waals surface area contributed by atoms with Gasteiger partial charge in [-0.15, -0.1) is 0 Å². The van der Waals surface area contributed by atoms with Crippen molar-refractivity contribution in [2.45, 2.75) is 46.3 Å². The average Bonchev–Trinajstić information content (AvgIpc) is 2.07. The quantitative estimate of drug-likeness (QED) is 0.742. The number of ether oxygens (including phenoxy) is 2. The second-order valence-corrected chi connectivity index (χ2v) is 5.93. The topological polar surface area (TPSA) is 61.6 Å². The summed E-state index contributed by atoms with van der Waals surface area (Å²) in [6.45, 7) is 10.9. The number of esters is 1. The van der Waals surface area contributed by atoms with Gasteiger partial charge in [0.2, 0.25) is 0 Å². The summed E-state index contributed by atoms with van der Waals surface area (Å²) in [6, 6.07) is -0.556. The summed E-state index contributed by atoms with van der Waals surface area (Å²) in [5, 5.41) is 0. The van der Waals surface area contributed by atoms with Crippen LogP contribution in [0.5, 0.6) is 0 Å². The van der Waals surface area contributed by atoms with Crippen molar-refractivity contribution in [3.05, 3.63) is 0 Å². The number of carbonyl (C=O) groups excluding carboxylic acids is 1. The molecule has 1 aliphatic heterocycles. The van der Waals surface area contributed by atoms with E-state index in [1.54, 1.807) is 0 Å². The van der Waals surface area contributed by atoms with Crippen molar-refractivity contribution >= 4 is 5.97 Å². The van der Waals surface area contributed by atoms with Gasteiger partial charge in [-0.1, -0.05) is 34.6 Å². The van der Waals surface area contributed by atoms with Crippen LogP contribution < -0.4 is 5.73 Å². The molecule has 0 aromatic carbocycles. The normalized spacial score (nSPS) is 21.4. The van der Waals surface area contributed by atoms with E-state index in [2.05, 4.69) is 0 Å². The van der Waals surface area contributed by atoms with E-state index in [0.717, 1.165) is 0 Å². The Morgan fingerprint density at radius 3 is 2.12 bits per heavy atom. The fourth-order valence-corrected chi connectivity index (χ4v) is 1.47. The minimum absolute atomic E-state index is 0.0884. The van der Waals surface area contributed by atoms with Crippen molar-refractivity contribution in [1.82, 2.24) is 0 Å². The van der Waals surface area contributed by atoms with Crippen molar-refractivity contribution in [3.63, 3.8) is 0 Å². The molecule has 0 radical (unpaired) electrons. The van der Waals surface area contributed by atoms with Crippen LogP contribution in [0.3, 0.4) is 0 Å². The Kier molecular flexibility index (Phi) is 3.65. The van der Waals surface area contributed by atoms with Gasteiger partial charge in [-0.05, 0) is 5.92 Å². The first-order valence-corrected chi connectivity index (χ1v) is 5.76. The maximum absolute atomic E-state index is 11.8. The van der Waals surface area contributed by atoms with Gasteiger partial charge in [0.15, 0.2) is 5.60 Å². The second-order valence-electron chi connectivity index (χ2n) is 5.93. The van der Waals surface area contributed by atoms with E-state index in [9.17, 15) is 4.79 Å². The summed E-state index contributed by atoms with van der Waals surface area (Å²) in [7, 11) is 0. The van der Waals surface area contributed by atoms with Gasteiger partial charge in [0, 0.05) is 5.41 Å². The summed E-state index contributed by atoms with van der Waals surface area (Å²) in [4.78, 5) is 11.8. The van der Waals surface area contributed by atoms with Crippen LogP contribution in [0.25, 0.3) is 0 Å². The van der Waals surface area contributed by atoms with Crippen molar-refractivity contribution < 1.29 is 14.3 Å².